The van der Waals surface area contributed by atoms with Crippen LogP contribution in [0.5, 0.6) is 0 Å². The fraction of sp³-hybridized carbons (Fsp3) is 0.500. The van der Waals surface area contributed by atoms with E-state index < -0.39 is 0 Å². The Morgan fingerprint density at radius 1 is 1.29 bits per heavy atom. The molecule has 0 spiro atoms. The molecule has 1 aromatic carbocycles. The zero-order valence-corrected chi connectivity index (χ0v) is 13.7. The fourth-order valence-electron chi connectivity index (χ4n) is 1.75. The van der Waals surface area contributed by atoms with Gasteiger partial charge in [-0.2, -0.15) is 0 Å². The molecule has 1 rings (SSSR count). The third-order valence-corrected chi connectivity index (χ3v) is 4.04. The molecule has 0 saturated heterocycles. The summed E-state index contributed by atoms with van der Waals surface area (Å²) in [6.07, 6.45) is 0.778. The van der Waals surface area contributed by atoms with E-state index in [0.717, 1.165) is 11.3 Å². The molecule has 21 heavy (non-hydrogen) atoms. The smallest absolute Gasteiger partial charge is 0.410 e. The van der Waals surface area contributed by atoms with Crippen LogP contribution in [0.2, 0.25) is 0 Å². The highest BCUT2D eigenvalue weighted by Gasteiger charge is 2.18. The van der Waals surface area contributed by atoms with E-state index in [4.69, 9.17) is 4.74 Å². The van der Waals surface area contributed by atoms with Crippen molar-refractivity contribution in [2.75, 3.05) is 12.8 Å². The molecule has 0 aliphatic heterocycles. The minimum atomic E-state index is -0.359. The van der Waals surface area contributed by atoms with Crippen LogP contribution in [-0.2, 0) is 16.1 Å². The highest BCUT2D eigenvalue weighted by molar-refractivity contribution is 8.13. The van der Waals surface area contributed by atoms with Crippen LogP contribution in [0, 0.1) is 0 Å². The molecule has 0 unspecified atom stereocenters. The van der Waals surface area contributed by atoms with Crippen LogP contribution < -0.4 is 0 Å². The van der Waals surface area contributed by atoms with Crippen molar-refractivity contribution in [2.24, 2.45) is 0 Å². The van der Waals surface area contributed by atoms with E-state index in [0.29, 0.717) is 12.8 Å². The number of nitrogens with zero attached hydrogens (tertiary/aromatic N) is 1. The Hall–Kier alpha value is -1.49. The summed E-state index contributed by atoms with van der Waals surface area (Å²) in [7, 11) is 1.70. The molecule has 0 radical (unpaired) electrons. The number of thioether (sulfide) groups is 1. The van der Waals surface area contributed by atoms with Crippen molar-refractivity contribution < 1.29 is 14.3 Å². The first-order valence-corrected chi connectivity index (χ1v) is 8.12. The molecule has 5 heteroatoms. The molecule has 0 aliphatic carbocycles. The minimum Gasteiger partial charge on any atom is -0.445 e. The second-order valence-electron chi connectivity index (χ2n) is 4.84. The lowest BCUT2D eigenvalue weighted by atomic mass is 10.2. The number of hydrogen-bond donors (Lipinski definition) is 0. The Balaban J connectivity index is 2.34. The van der Waals surface area contributed by atoms with Crippen LogP contribution in [0.15, 0.2) is 30.3 Å². The topological polar surface area (TPSA) is 46.6 Å². The van der Waals surface area contributed by atoms with Gasteiger partial charge in [0.2, 0.25) is 0 Å². The molecule has 0 saturated carbocycles. The molecule has 0 N–H and O–H groups in total. The predicted molar refractivity (Wildman–Crippen MR) is 86.2 cm³/mol. The summed E-state index contributed by atoms with van der Waals surface area (Å²) < 4.78 is 5.26. The molecule has 0 heterocycles. The van der Waals surface area contributed by atoms with Crippen molar-refractivity contribution in [1.29, 1.82) is 0 Å². The van der Waals surface area contributed by atoms with Crippen molar-refractivity contribution in [1.82, 2.24) is 4.90 Å². The number of carbonyl (C=O) groups excluding carboxylic acids is 2. The van der Waals surface area contributed by atoms with Gasteiger partial charge >= 0.3 is 6.09 Å². The van der Waals surface area contributed by atoms with Gasteiger partial charge in [0.15, 0.2) is 5.12 Å². The van der Waals surface area contributed by atoms with Crippen molar-refractivity contribution in [3.63, 3.8) is 0 Å². The normalized spacial score (nSPS) is 11.8. The molecule has 116 valence electrons. The van der Waals surface area contributed by atoms with Crippen LogP contribution in [0.3, 0.4) is 0 Å². The van der Waals surface area contributed by atoms with E-state index in [2.05, 4.69) is 0 Å². The number of hydrogen-bond acceptors (Lipinski definition) is 4. The SMILES string of the molecule is CCSC(=O)CC[C@@H](C)N(C)C(=O)OCc1ccccc1. The van der Waals surface area contributed by atoms with Crippen molar-refractivity contribution in [3.05, 3.63) is 35.9 Å². The molecular formula is C16H23NO3S. The number of benzene rings is 1. The predicted octanol–water partition coefficient (Wildman–Crippen LogP) is 3.70. The number of ether oxygens (including phenoxy) is 1. The maximum absolute atomic E-state index is 11.9. The third-order valence-electron chi connectivity index (χ3n) is 3.23. The standard InChI is InChI=1S/C16H23NO3S/c1-4-21-15(18)11-10-13(2)17(3)16(19)20-12-14-8-6-5-7-9-14/h5-9,13H,4,10-12H2,1-3H3/t13-/m1/s1. The van der Waals surface area contributed by atoms with Gasteiger partial charge < -0.3 is 9.64 Å². The zero-order valence-electron chi connectivity index (χ0n) is 12.9. The van der Waals surface area contributed by atoms with E-state index in [9.17, 15) is 9.59 Å². The fourth-order valence-corrected chi connectivity index (χ4v) is 2.34. The van der Waals surface area contributed by atoms with E-state index >= 15 is 0 Å². The molecule has 0 aliphatic rings. The highest BCUT2D eigenvalue weighted by atomic mass is 32.2. The van der Waals surface area contributed by atoms with Gasteiger partial charge in [0.05, 0.1) is 0 Å². The van der Waals surface area contributed by atoms with E-state index in [1.807, 2.05) is 44.2 Å². The van der Waals surface area contributed by atoms with Crippen LogP contribution >= 0.6 is 11.8 Å². The van der Waals surface area contributed by atoms with Crippen LogP contribution in [-0.4, -0.2) is 35.0 Å². The average Bonchev–Trinajstić information content (AvgIpc) is 2.50. The van der Waals surface area contributed by atoms with Gasteiger partial charge in [0, 0.05) is 19.5 Å². The lowest BCUT2D eigenvalue weighted by Gasteiger charge is -2.24. The largest absolute Gasteiger partial charge is 0.445 e. The Morgan fingerprint density at radius 3 is 2.57 bits per heavy atom. The monoisotopic (exact) mass is 309 g/mol. The molecular weight excluding hydrogens is 286 g/mol. The summed E-state index contributed by atoms with van der Waals surface area (Å²) in [6, 6.07) is 9.55. The Labute approximate surface area is 130 Å². The first-order chi connectivity index (χ1) is 10.0. The third kappa shape index (κ3) is 6.67. The quantitative estimate of drug-likeness (QED) is 0.770. The van der Waals surface area contributed by atoms with E-state index in [1.54, 1.807) is 11.9 Å². The van der Waals surface area contributed by atoms with Gasteiger partial charge in [-0.25, -0.2) is 4.79 Å². The van der Waals surface area contributed by atoms with Gasteiger partial charge in [0.1, 0.15) is 6.61 Å². The van der Waals surface area contributed by atoms with Crippen molar-refractivity contribution in [2.45, 2.75) is 39.3 Å². The molecule has 1 aromatic rings. The number of carbonyl (C=O) groups is 2. The summed E-state index contributed by atoms with van der Waals surface area (Å²) in [5, 5.41) is 0.176. The van der Waals surface area contributed by atoms with E-state index in [-0.39, 0.29) is 23.9 Å². The Kier molecular flexibility index (Phi) is 7.90. The van der Waals surface area contributed by atoms with Crippen LogP contribution in [0.1, 0.15) is 32.3 Å². The van der Waals surface area contributed by atoms with E-state index in [1.165, 1.54) is 11.8 Å². The second kappa shape index (κ2) is 9.45. The molecule has 0 bridgehead atoms. The maximum Gasteiger partial charge on any atom is 0.410 e. The number of amides is 1. The number of rotatable bonds is 7. The average molecular weight is 309 g/mol. The lowest BCUT2D eigenvalue weighted by Crippen LogP contribution is -2.35. The maximum atomic E-state index is 11.9. The van der Waals surface area contributed by atoms with Gasteiger partial charge in [-0.1, -0.05) is 49.0 Å². The molecule has 1 amide bonds. The lowest BCUT2D eigenvalue weighted by molar-refractivity contribution is -0.111. The zero-order chi connectivity index (χ0) is 15.7. The van der Waals surface area contributed by atoms with Crippen LogP contribution in [0.4, 0.5) is 4.79 Å². The summed E-state index contributed by atoms with van der Waals surface area (Å²) >= 11 is 1.33. The van der Waals surface area contributed by atoms with Crippen LogP contribution in [0.25, 0.3) is 0 Å². The summed E-state index contributed by atoms with van der Waals surface area (Å²) in [6.45, 7) is 4.15. The van der Waals surface area contributed by atoms with Crippen molar-refractivity contribution in [3.8, 4) is 0 Å². The minimum absolute atomic E-state index is 0.0188. The second-order valence-corrected chi connectivity index (χ2v) is 6.17. The molecule has 0 aromatic heterocycles. The molecule has 4 nitrogen and oxygen atoms in total. The first-order valence-electron chi connectivity index (χ1n) is 7.13. The summed E-state index contributed by atoms with van der Waals surface area (Å²) in [5.74, 6) is 0.794. The van der Waals surface area contributed by atoms with Crippen molar-refractivity contribution >= 4 is 23.0 Å². The molecule has 0 fully saturated rings. The van der Waals surface area contributed by atoms with Gasteiger partial charge in [-0.3, -0.25) is 4.79 Å². The van der Waals surface area contributed by atoms with Gasteiger partial charge in [-0.15, -0.1) is 0 Å². The Morgan fingerprint density at radius 2 is 1.95 bits per heavy atom. The highest BCUT2D eigenvalue weighted by Crippen LogP contribution is 2.12. The molecule has 1 atom stereocenters. The summed E-state index contributed by atoms with van der Waals surface area (Å²) in [5.41, 5.74) is 0.960. The first kappa shape index (κ1) is 17.6. The van der Waals surface area contributed by atoms with Gasteiger partial charge in [0.25, 0.3) is 0 Å². The summed E-state index contributed by atoms with van der Waals surface area (Å²) in [4.78, 5) is 25.0. The van der Waals surface area contributed by atoms with Gasteiger partial charge in [-0.05, 0) is 24.7 Å². The Bertz CT molecular complexity index is 450.